The van der Waals surface area contributed by atoms with Crippen LogP contribution in [0.1, 0.15) is 10.4 Å². The molecule has 9 heteroatoms. The lowest BCUT2D eigenvalue weighted by Crippen LogP contribution is -2.48. The van der Waals surface area contributed by atoms with E-state index in [1.165, 1.54) is 16.4 Å². The highest BCUT2D eigenvalue weighted by Gasteiger charge is 2.28. The van der Waals surface area contributed by atoms with Gasteiger partial charge in [-0.25, -0.2) is 8.42 Å². The average Bonchev–Trinajstić information content (AvgIpc) is 2.68. The Balaban J connectivity index is 1.77. The number of hydrogen-bond donors (Lipinski definition) is 0. The molecular formula is C16H21N3O5S. The van der Waals surface area contributed by atoms with Crippen LogP contribution < -0.4 is 0 Å². The van der Waals surface area contributed by atoms with Gasteiger partial charge in [0.1, 0.15) is 0 Å². The number of carbonyl (C=O) groups is 2. The highest BCUT2D eigenvalue weighted by Crippen LogP contribution is 2.19. The summed E-state index contributed by atoms with van der Waals surface area (Å²) in [4.78, 5) is 26.8. The Morgan fingerprint density at radius 3 is 2.36 bits per heavy atom. The maximum atomic E-state index is 12.7. The molecule has 1 aromatic rings. The number of rotatable bonds is 4. The molecule has 0 atom stereocenters. The van der Waals surface area contributed by atoms with E-state index in [9.17, 15) is 18.0 Å². The first-order valence-electron chi connectivity index (χ1n) is 8.19. The minimum atomic E-state index is -3.63. The molecule has 0 spiro atoms. The smallest absolute Gasteiger partial charge is 0.254 e. The van der Waals surface area contributed by atoms with Crippen LogP contribution in [0.4, 0.5) is 0 Å². The van der Waals surface area contributed by atoms with Crippen molar-refractivity contribution >= 4 is 22.3 Å². The Kier molecular flexibility index (Phi) is 5.36. The van der Waals surface area contributed by atoms with Crippen LogP contribution in [0, 0.1) is 0 Å². The Labute approximate surface area is 147 Å². The molecule has 25 heavy (non-hydrogen) atoms. The Bertz CT molecular complexity index is 738. The number of piperazine rings is 1. The molecule has 0 aliphatic carbocycles. The van der Waals surface area contributed by atoms with Gasteiger partial charge in [-0.05, 0) is 18.2 Å². The number of hydrogen-bond acceptors (Lipinski definition) is 5. The topological polar surface area (TPSA) is 87.2 Å². The largest absolute Gasteiger partial charge is 0.379 e. The van der Waals surface area contributed by atoms with Crippen LogP contribution in [-0.2, 0) is 19.6 Å². The number of ether oxygens (including phenoxy) is 1. The number of morpholine rings is 1. The van der Waals surface area contributed by atoms with Gasteiger partial charge in [-0.15, -0.1) is 0 Å². The van der Waals surface area contributed by atoms with Crippen molar-refractivity contribution in [2.45, 2.75) is 4.90 Å². The SMILES string of the molecule is O=CN1CCN(C(=O)c2cccc(S(=O)(=O)N3CCOCC3)c2)CC1. The Morgan fingerprint density at radius 1 is 1.04 bits per heavy atom. The van der Waals surface area contributed by atoms with E-state index in [2.05, 4.69) is 0 Å². The molecule has 0 radical (unpaired) electrons. The second kappa shape index (κ2) is 7.51. The van der Waals surface area contributed by atoms with Crippen molar-refractivity contribution < 1.29 is 22.7 Å². The summed E-state index contributed by atoms with van der Waals surface area (Å²) in [5.41, 5.74) is 0.342. The lowest BCUT2D eigenvalue weighted by molar-refractivity contribution is -0.119. The highest BCUT2D eigenvalue weighted by molar-refractivity contribution is 7.89. The fraction of sp³-hybridized carbons (Fsp3) is 0.500. The normalized spacial score (nSPS) is 19.7. The second-order valence-electron chi connectivity index (χ2n) is 5.98. The third kappa shape index (κ3) is 3.83. The summed E-state index contributed by atoms with van der Waals surface area (Å²) >= 11 is 0. The van der Waals surface area contributed by atoms with E-state index in [1.807, 2.05) is 0 Å². The maximum Gasteiger partial charge on any atom is 0.254 e. The van der Waals surface area contributed by atoms with E-state index in [4.69, 9.17) is 4.74 Å². The lowest BCUT2D eigenvalue weighted by atomic mass is 10.2. The van der Waals surface area contributed by atoms with Gasteiger partial charge in [0.25, 0.3) is 5.91 Å². The molecule has 136 valence electrons. The van der Waals surface area contributed by atoms with Crippen LogP contribution in [0.3, 0.4) is 0 Å². The van der Waals surface area contributed by atoms with E-state index in [-0.39, 0.29) is 10.8 Å². The number of benzene rings is 1. The molecule has 0 aromatic heterocycles. The zero-order valence-corrected chi connectivity index (χ0v) is 14.7. The molecule has 2 heterocycles. The molecule has 0 unspecified atom stereocenters. The summed E-state index contributed by atoms with van der Waals surface area (Å²) in [6.07, 6.45) is 0.775. The molecule has 2 amide bonds. The van der Waals surface area contributed by atoms with Gasteiger partial charge in [0, 0.05) is 44.8 Å². The standard InChI is InChI=1S/C16H21N3O5S/c20-13-17-4-6-18(7-5-17)16(21)14-2-1-3-15(12-14)25(22,23)19-8-10-24-11-9-19/h1-3,12-13H,4-11H2. The third-order valence-corrected chi connectivity index (χ3v) is 6.33. The first-order chi connectivity index (χ1) is 12.0. The van der Waals surface area contributed by atoms with Crippen molar-refractivity contribution in [3.8, 4) is 0 Å². The molecule has 1 aromatic carbocycles. The third-order valence-electron chi connectivity index (χ3n) is 4.44. The molecule has 2 aliphatic rings. The van der Waals surface area contributed by atoms with Gasteiger partial charge in [0.05, 0.1) is 18.1 Å². The van der Waals surface area contributed by atoms with Crippen LogP contribution in [0.15, 0.2) is 29.2 Å². The van der Waals surface area contributed by atoms with Gasteiger partial charge >= 0.3 is 0 Å². The molecule has 2 saturated heterocycles. The van der Waals surface area contributed by atoms with E-state index < -0.39 is 10.0 Å². The van der Waals surface area contributed by atoms with Crippen LogP contribution in [0.2, 0.25) is 0 Å². The summed E-state index contributed by atoms with van der Waals surface area (Å²) in [5.74, 6) is -0.218. The van der Waals surface area contributed by atoms with Crippen molar-refractivity contribution in [3.63, 3.8) is 0 Å². The summed E-state index contributed by atoms with van der Waals surface area (Å²) in [6, 6.07) is 6.14. The molecule has 8 nitrogen and oxygen atoms in total. The first kappa shape index (κ1) is 17.8. The summed E-state index contributed by atoms with van der Waals surface area (Å²) in [6.45, 7) is 3.23. The van der Waals surface area contributed by atoms with Crippen molar-refractivity contribution in [2.24, 2.45) is 0 Å². The molecule has 0 N–H and O–H groups in total. The Morgan fingerprint density at radius 2 is 1.72 bits per heavy atom. The predicted octanol–water partition coefficient (Wildman–Crippen LogP) is -0.378. The summed E-state index contributed by atoms with van der Waals surface area (Å²) < 4.78 is 32.0. The lowest BCUT2D eigenvalue weighted by Gasteiger charge is -2.32. The van der Waals surface area contributed by atoms with Crippen LogP contribution in [0.25, 0.3) is 0 Å². The van der Waals surface area contributed by atoms with Crippen LogP contribution >= 0.6 is 0 Å². The number of carbonyl (C=O) groups excluding carboxylic acids is 2. The molecular weight excluding hydrogens is 346 g/mol. The van der Waals surface area contributed by atoms with Gasteiger partial charge in [0.2, 0.25) is 16.4 Å². The van der Waals surface area contributed by atoms with E-state index in [0.717, 1.165) is 6.41 Å². The summed E-state index contributed by atoms with van der Waals surface area (Å²) in [5, 5.41) is 0. The van der Waals surface area contributed by atoms with E-state index in [1.54, 1.807) is 21.9 Å². The number of sulfonamides is 1. The quantitative estimate of drug-likeness (QED) is 0.677. The maximum absolute atomic E-state index is 12.7. The molecule has 3 rings (SSSR count). The van der Waals surface area contributed by atoms with Crippen LogP contribution in [-0.4, -0.2) is 87.3 Å². The van der Waals surface area contributed by atoms with Gasteiger partial charge < -0.3 is 14.5 Å². The Hall–Kier alpha value is -1.97. The average molecular weight is 367 g/mol. The molecule has 0 bridgehead atoms. The van der Waals surface area contributed by atoms with Gasteiger partial charge in [-0.2, -0.15) is 4.31 Å². The van der Waals surface area contributed by atoms with Crippen molar-refractivity contribution in [1.29, 1.82) is 0 Å². The second-order valence-corrected chi connectivity index (χ2v) is 7.92. The van der Waals surface area contributed by atoms with Gasteiger partial charge in [0.15, 0.2) is 0 Å². The first-order valence-corrected chi connectivity index (χ1v) is 9.63. The number of amides is 2. The minimum Gasteiger partial charge on any atom is -0.379 e. The molecule has 2 aliphatic heterocycles. The molecule has 0 saturated carbocycles. The number of nitrogens with zero attached hydrogens (tertiary/aromatic N) is 3. The molecule has 2 fully saturated rings. The van der Waals surface area contributed by atoms with E-state index in [0.29, 0.717) is 58.0 Å². The fourth-order valence-corrected chi connectivity index (χ4v) is 4.39. The zero-order valence-electron chi connectivity index (χ0n) is 13.8. The van der Waals surface area contributed by atoms with Gasteiger partial charge in [-0.1, -0.05) is 6.07 Å². The highest BCUT2D eigenvalue weighted by atomic mass is 32.2. The van der Waals surface area contributed by atoms with Crippen molar-refractivity contribution in [3.05, 3.63) is 29.8 Å². The van der Waals surface area contributed by atoms with Crippen LogP contribution in [0.5, 0.6) is 0 Å². The predicted molar refractivity (Wildman–Crippen MR) is 89.6 cm³/mol. The van der Waals surface area contributed by atoms with Crippen molar-refractivity contribution in [2.75, 3.05) is 52.5 Å². The minimum absolute atomic E-state index is 0.117. The van der Waals surface area contributed by atoms with Gasteiger partial charge in [-0.3, -0.25) is 9.59 Å². The monoisotopic (exact) mass is 367 g/mol. The zero-order chi connectivity index (χ0) is 17.9. The van der Waals surface area contributed by atoms with E-state index >= 15 is 0 Å². The summed E-state index contributed by atoms with van der Waals surface area (Å²) in [7, 11) is -3.63. The van der Waals surface area contributed by atoms with Crippen molar-refractivity contribution in [1.82, 2.24) is 14.1 Å². The fourth-order valence-electron chi connectivity index (χ4n) is 2.94.